The molecule has 0 bridgehead atoms. The Labute approximate surface area is 194 Å². The summed E-state index contributed by atoms with van der Waals surface area (Å²) in [5, 5.41) is 0.680. The smallest absolute Gasteiger partial charge is 0.260 e. The second-order valence-corrected chi connectivity index (χ2v) is 8.88. The van der Waals surface area contributed by atoms with Crippen LogP contribution in [0.5, 0.6) is 11.5 Å². The first-order valence-electron chi connectivity index (χ1n) is 11.2. The molecular weight excluding hydrogens is 422 g/mol. The number of carbonyl (C=O) groups is 1. The van der Waals surface area contributed by atoms with Gasteiger partial charge in [0, 0.05) is 18.7 Å². The average Bonchev–Trinajstić information content (AvgIpc) is 3.22. The minimum absolute atomic E-state index is 0.0681. The van der Waals surface area contributed by atoms with Crippen molar-refractivity contribution in [2.45, 2.75) is 33.1 Å². The van der Waals surface area contributed by atoms with Crippen LogP contribution in [0.3, 0.4) is 0 Å². The number of likely N-dealkylation sites (N-methyl/N-ethyl adjacent to an activating group) is 1. The number of nitrogens with zero attached hydrogens (tertiary/aromatic N) is 3. The largest absolute Gasteiger partial charge is 0.494 e. The number of amides is 1. The highest BCUT2D eigenvalue weighted by Crippen LogP contribution is 2.34. The summed E-state index contributed by atoms with van der Waals surface area (Å²) >= 11 is 1.51. The number of hydrogen-bond acceptors (Lipinski definition) is 6. The third-order valence-corrected chi connectivity index (χ3v) is 6.08. The van der Waals surface area contributed by atoms with Crippen LogP contribution in [0, 0.1) is 0 Å². The highest BCUT2D eigenvalue weighted by Gasteiger charge is 2.22. The molecule has 3 aromatic rings. The van der Waals surface area contributed by atoms with Crippen LogP contribution in [0.2, 0.25) is 0 Å². The Hall–Kier alpha value is -2.64. The van der Waals surface area contributed by atoms with Gasteiger partial charge in [0.05, 0.1) is 17.9 Å². The third kappa shape index (κ3) is 6.20. The monoisotopic (exact) mass is 455 g/mol. The summed E-state index contributed by atoms with van der Waals surface area (Å²) in [5.41, 5.74) is 1.42. The molecule has 6 nitrogen and oxygen atoms in total. The molecule has 32 heavy (non-hydrogen) atoms. The second kappa shape index (κ2) is 11.8. The fourth-order valence-electron chi connectivity index (χ4n) is 3.27. The lowest BCUT2D eigenvalue weighted by Gasteiger charge is -2.22. The summed E-state index contributed by atoms with van der Waals surface area (Å²) < 4.78 is 12.5. The van der Waals surface area contributed by atoms with Gasteiger partial charge < -0.3 is 14.4 Å². The summed E-state index contributed by atoms with van der Waals surface area (Å²) in [6.45, 7) is 6.68. The van der Waals surface area contributed by atoms with E-state index in [4.69, 9.17) is 14.5 Å². The van der Waals surface area contributed by atoms with E-state index in [2.05, 4.69) is 11.8 Å². The number of fused-ring (bicyclic) bond motifs is 1. The maximum absolute atomic E-state index is 13.5. The second-order valence-electron chi connectivity index (χ2n) is 7.87. The van der Waals surface area contributed by atoms with Gasteiger partial charge in [0.25, 0.3) is 5.91 Å². The molecule has 0 aliphatic carbocycles. The quantitative estimate of drug-likeness (QED) is 0.339. The van der Waals surface area contributed by atoms with E-state index >= 15 is 0 Å². The minimum Gasteiger partial charge on any atom is -0.494 e. The molecule has 0 spiro atoms. The van der Waals surface area contributed by atoms with Gasteiger partial charge >= 0.3 is 0 Å². The van der Waals surface area contributed by atoms with E-state index in [1.165, 1.54) is 11.3 Å². The molecule has 0 N–H and O–H groups in total. The predicted molar refractivity (Wildman–Crippen MR) is 132 cm³/mol. The first kappa shape index (κ1) is 24.0. The van der Waals surface area contributed by atoms with Crippen LogP contribution < -0.4 is 14.4 Å². The van der Waals surface area contributed by atoms with E-state index in [0.29, 0.717) is 30.5 Å². The van der Waals surface area contributed by atoms with Crippen LogP contribution in [0.15, 0.2) is 42.5 Å². The summed E-state index contributed by atoms with van der Waals surface area (Å²) in [4.78, 5) is 22.1. The molecule has 0 fully saturated rings. The molecule has 0 saturated heterocycles. The lowest BCUT2D eigenvalue weighted by Crippen LogP contribution is -2.36. The number of para-hydroxylation sites is 1. The molecule has 1 amide bonds. The van der Waals surface area contributed by atoms with Crippen LogP contribution in [-0.2, 0) is 0 Å². The van der Waals surface area contributed by atoms with Crippen LogP contribution >= 0.6 is 11.3 Å². The van der Waals surface area contributed by atoms with Gasteiger partial charge in [0.15, 0.2) is 5.13 Å². The Morgan fingerprint density at radius 2 is 1.78 bits per heavy atom. The van der Waals surface area contributed by atoms with Crippen molar-refractivity contribution in [1.29, 1.82) is 0 Å². The first-order valence-corrected chi connectivity index (χ1v) is 12.1. The number of rotatable bonds is 12. The van der Waals surface area contributed by atoms with E-state index in [9.17, 15) is 4.79 Å². The van der Waals surface area contributed by atoms with Crippen molar-refractivity contribution in [3.63, 3.8) is 0 Å². The van der Waals surface area contributed by atoms with Crippen molar-refractivity contribution in [3.8, 4) is 11.5 Å². The number of anilines is 1. The number of carbonyl (C=O) groups excluding carboxylic acids is 1. The number of benzene rings is 2. The van der Waals surface area contributed by atoms with E-state index in [0.717, 1.165) is 47.5 Å². The first-order chi connectivity index (χ1) is 15.5. The molecule has 1 heterocycles. The van der Waals surface area contributed by atoms with Crippen LogP contribution in [0.1, 0.15) is 43.5 Å². The average molecular weight is 456 g/mol. The van der Waals surface area contributed by atoms with E-state index in [-0.39, 0.29) is 5.91 Å². The fraction of sp³-hybridized carbons (Fsp3) is 0.440. The zero-order valence-corrected chi connectivity index (χ0v) is 20.3. The molecule has 0 aliphatic heterocycles. The summed E-state index contributed by atoms with van der Waals surface area (Å²) in [5.74, 6) is 1.47. The maximum atomic E-state index is 13.5. The minimum atomic E-state index is -0.0681. The molecule has 0 atom stereocenters. The molecule has 2 aromatic carbocycles. The SMILES string of the molecule is CCCCCOc1ccc(C(=O)N(CCN(C)C)c2nc3c(OCC)cccc3s2)cc1. The van der Waals surface area contributed by atoms with Crippen molar-refractivity contribution in [3.05, 3.63) is 48.0 Å². The zero-order valence-electron chi connectivity index (χ0n) is 19.5. The zero-order chi connectivity index (χ0) is 22.9. The van der Waals surface area contributed by atoms with Gasteiger partial charge in [0.1, 0.15) is 17.0 Å². The van der Waals surface area contributed by atoms with Crippen molar-refractivity contribution in [2.75, 3.05) is 45.3 Å². The van der Waals surface area contributed by atoms with Gasteiger partial charge in [-0.2, -0.15) is 0 Å². The van der Waals surface area contributed by atoms with Gasteiger partial charge in [-0.15, -0.1) is 0 Å². The van der Waals surface area contributed by atoms with Gasteiger partial charge in [0.2, 0.25) is 0 Å². The van der Waals surface area contributed by atoms with Crippen molar-refractivity contribution in [1.82, 2.24) is 9.88 Å². The normalized spacial score (nSPS) is 11.2. The Kier molecular flexibility index (Phi) is 8.88. The van der Waals surface area contributed by atoms with Crippen LogP contribution in [-0.4, -0.2) is 56.2 Å². The van der Waals surface area contributed by atoms with E-state index < -0.39 is 0 Å². The molecule has 0 aliphatic rings. The van der Waals surface area contributed by atoms with Crippen molar-refractivity contribution < 1.29 is 14.3 Å². The number of ether oxygens (including phenoxy) is 2. The summed E-state index contributed by atoms with van der Waals surface area (Å²) in [6.07, 6.45) is 3.36. The Morgan fingerprint density at radius 3 is 2.47 bits per heavy atom. The van der Waals surface area contributed by atoms with Crippen LogP contribution in [0.4, 0.5) is 5.13 Å². The number of thiazole rings is 1. The topological polar surface area (TPSA) is 54.9 Å². The fourth-order valence-corrected chi connectivity index (χ4v) is 4.28. The standard InChI is InChI=1S/C25H33N3O3S/c1-5-7-8-18-31-20-14-12-19(13-15-20)24(29)28(17-16-27(3)4)25-26-23-21(30-6-2)10-9-11-22(23)32-25/h9-15H,5-8,16-18H2,1-4H3. The maximum Gasteiger partial charge on any atom is 0.260 e. The predicted octanol–water partition coefficient (Wildman–Crippen LogP) is 5.47. The van der Waals surface area contributed by atoms with Gasteiger partial charge in [-0.1, -0.05) is 37.2 Å². The van der Waals surface area contributed by atoms with E-state index in [1.54, 1.807) is 4.90 Å². The third-order valence-electron chi connectivity index (χ3n) is 5.04. The lowest BCUT2D eigenvalue weighted by atomic mass is 10.2. The highest BCUT2D eigenvalue weighted by atomic mass is 32.1. The Balaban J connectivity index is 1.83. The molecule has 0 unspecified atom stereocenters. The molecule has 0 saturated carbocycles. The van der Waals surface area contributed by atoms with Crippen molar-refractivity contribution >= 4 is 32.6 Å². The molecular formula is C25H33N3O3S. The van der Waals surface area contributed by atoms with Gasteiger partial charge in [-0.25, -0.2) is 4.98 Å². The highest BCUT2D eigenvalue weighted by molar-refractivity contribution is 7.22. The van der Waals surface area contributed by atoms with Crippen molar-refractivity contribution in [2.24, 2.45) is 0 Å². The summed E-state index contributed by atoms with van der Waals surface area (Å²) in [7, 11) is 4.00. The number of aromatic nitrogens is 1. The number of hydrogen-bond donors (Lipinski definition) is 0. The Morgan fingerprint density at radius 1 is 1.00 bits per heavy atom. The van der Waals surface area contributed by atoms with Crippen LogP contribution in [0.25, 0.3) is 10.2 Å². The molecule has 172 valence electrons. The lowest BCUT2D eigenvalue weighted by molar-refractivity contribution is 0.0985. The number of unbranched alkanes of at least 4 members (excludes halogenated alkanes) is 2. The molecule has 3 rings (SSSR count). The molecule has 0 radical (unpaired) electrons. The van der Waals surface area contributed by atoms with E-state index in [1.807, 2.05) is 63.5 Å². The van der Waals surface area contributed by atoms with Gasteiger partial charge in [-0.05, 0) is 63.8 Å². The Bertz CT molecular complexity index is 1000. The van der Waals surface area contributed by atoms with Gasteiger partial charge in [-0.3, -0.25) is 9.69 Å². The summed E-state index contributed by atoms with van der Waals surface area (Å²) in [6, 6.07) is 13.3. The molecule has 7 heteroatoms. The molecule has 1 aromatic heterocycles.